The summed E-state index contributed by atoms with van der Waals surface area (Å²) >= 11 is 0. The Morgan fingerprint density at radius 3 is 3.00 bits per heavy atom. The summed E-state index contributed by atoms with van der Waals surface area (Å²) < 4.78 is 15.8. The normalized spacial score (nSPS) is 22.0. The first-order valence-electron chi connectivity index (χ1n) is 6.34. The molecule has 0 aromatic carbocycles. The maximum atomic E-state index is 11.5. The van der Waals surface area contributed by atoms with Crippen molar-refractivity contribution >= 4 is 6.09 Å². The predicted molar refractivity (Wildman–Crippen MR) is 67.5 cm³/mol. The molecule has 5 nitrogen and oxygen atoms in total. The van der Waals surface area contributed by atoms with Crippen LogP contribution in [0.1, 0.15) is 19.3 Å². The average Bonchev–Trinajstić information content (AvgIpc) is 2.86. The highest BCUT2D eigenvalue weighted by Crippen LogP contribution is 2.26. The van der Waals surface area contributed by atoms with Crippen LogP contribution >= 0.6 is 0 Å². The fraction of sp³-hybridized carbons (Fsp3) is 0.357. The molecule has 3 rings (SSSR count). The number of carbonyl (C=O) groups is 1. The molecule has 19 heavy (non-hydrogen) atoms. The molecule has 0 atom stereocenters. The van der Waals surface area contributed by atoms with E-state index >= 15 is 0 Å². The van der Waals surface area contributed by atoms with Crippen molar-refractivity contribution in [1.29, 1.82) is 0 Å². The van der Waals surface area contributed by atoms with Crippen molar-refractivity contribution in [2.75, 3.05) is 13.2 Å². The van der Waals surface area contributed by atoms with E-state index in [1.165, 1.54) is 16.7 Å². The number of rotatable bonds is 3. The van der Waals surface area contributed by atoms with Gasteiger partial charge in [0.25, 0.3) is 0 Å². The second-order valence-corrected chi connectivity index (χ2v) is 4.51. The molecule has 1 aliphatic carbocycles. The summed E-state index contributed by atoms with van der Waals surface area (Å²) in [7, 11) is 0. The third-order valence-corrected chi connectivity index (χ3v) is 3.13. The van der Waals surface area contributed by atoms with Gasteiger partial charge in [-0.1, -0.05) is 23.8 Å². The van der Waals surface area contributed by atoms with Crippen molar-refractivity contribution in [2.45, 2.75) is 19.3 Å². The van der Waals surface area contributed by atoms with Gasteiger partial charge >= 0.3 is 6.09 Å². The molecule has 0 saturated carbocycles. The molecule has 0 N–H and O–H groups in total. The Morgan fingerprint density at radius 2 is 2.26 bits per heavy atom. The van der Waals surface area contributed by atoms with Crippen LogP contribution in [0.4, 0.5) is 4.79 Å². The van der Waals surface area contributed by atoms with E-state index in [4.69, 9.17) is 14.2 Å². The number of hydrogen-bond acceptors (Lipinski definition) is 4. The second kappa shape index (κ2) is 5.22. The van der Waals surface area contributed by atoms with E-state index in [1.807, 2.05) is 0 Å². The van der Waals surface area contributed by atoms with Crippen LogP contribution in [-0.4, -0.2) is 24.1 Å². The van der Waals surface area contributed by atoms with E-state index in [0.29, 0.717) is 31.2 Å². The van der Waals surface area contributed by atoms with E-state index in [9.17, 15) is 4.79 Å². The van der Waals surface area contributed by atoms with Crippen LogP contribution in [0.5, 0.6) is 0 Å². The molecule has 5 heteroatoms. The van der Waals surface area contributed by atoms with Gasteiger partial charge in [-0.25, -0.2) is 9.69 Å². The first-order valence-corrected chi connectivity index (χ1v) is 6.34. The van der Waals surface area contributed by atoms with Crippen LogP contribution in [0.2, 0.25) is 0 Å². The molecule has 2 aliphatic heterocycles. The van der Waals surface area contributed by atoms with Crippen LogP contribution in [0.3, 0.4) is 0 Å². The lowest BCUT2D eigenvalue weighted by atomic mass is 10.0. The van der Waals surface area contributed by atoms with Crippen molar-refractivity contribution in [3.63, 3.8) is 0 Å². The molecule has 0 aromatic heterocycles. The molecule has 3 aliphatic rings. The molecule has 0 aromatic rings. The van der Waals surface area contributed by atoms with E-state index < -0.39 is 6.09 Å². The van der Waals surface area contributed by atoms with Gasteiger partial charge in [0.2, 0.25) is 5.88 Å². The van der Waals surface area contributed by atoms with Crippen LogP contribution in [-0.2, 0) is 14.2 Å². The van der Waals surface area contributed by atoms with E-state index in [0.717, 1.165) is 12.8 Å². The summed E-state index contributed by atoms with van der Waals surface area (Å²) in [5.74, 6) is 1.10. The summed E-state index contributed by atoms with van der Waals surface area (Å²) in [6, 6.07) is 0. The SMILES string of the molecule is O=C1OCCN1C1=COC=C(CC2=CC=CCC2)O1. The molecule has 100 valence electrons. The molecule has 0 bridgehead atoms. The van der Waals surface area contributed by atoms with Gasteiger partial charge in [0.1, 0.15) is 18.6 Å². The van der Waals surface area contributed by atoms with Gasteiger partial charge in [0, 0.05) is 6.42 Å². The number of amides is 1. The highest BCUT2D eigenvalue weighted by molar-refractivity contribution is 5.71. The monoisotopic (exact) mass is 261 g/mol. The van der Waals surface area contributed by atoms with E-state index in [2.05, 4.69) is 18.2 Å². The lowest BCUT2D eigenvalue weighted by molar-refractivity contribution is 0.123. The number of hydrogen-bond donors (Lipinski definition) is 0. The topological polar surface area (TPSA) is 48.0 Å². The summed E-state index contributed by atoms with van der Waals surface area (Å²) in [6.07, 6.45) is 11.7. The van der Waals surface area contributed by atoms with Gasteiger partial charge < -0.3 is 14.2 Å². The van der Waals surface area contributed by atoms with Crippen LogP contribution in [0.25, 0.3) is 0 Å². The number of cyclic esters (lactones) is 1. The van der Waals surface area contributed by atoms with Crippen LogP contribution < -0.4 is 0 Å². The summed E-state index contributed by atoms with van der Waals surface area (Å²) in [4.78, 5) is 12.9. The molecule has 2 heterocycles. The fourth-order valence-corrected chi connectivity index (χ4v) is 2.16. The molecular formula is C14H15NO4. The van der Waals surface area contributed by atoms with Crippen LogP contribution in [0, 0.1) is 0 Å². The molecular weight excluding hydrogens is 246 g/mol. The van der Waals surface area contributed by atoms with Crippen LogP contribution in [0.15, 0.2) is 48.0 Å². The number of nitrogens with zero attached hydrogens (tertiary/aromatic N) is 1. The Morgan fingerprint density at radius 1 is 1.32 bits per heavy atom. The Balaban J connectivity index is 1.63. The van der Waals surface area contributed by atoms with Gasteiger partial charge in [-0.15, -0.1) is 0 Å². The lowest BCUT2D eigenvalue weighted by Gasteiger charge is -2.22. The Labute approximate surface area is 111 Å². The average molecular weight is 261 g/mol. The zero-order chi connectivity index (χ0) is 13.1. The summed E-state index contributed by atoms with van der Waals surface area (Å²) in [5.41, 5.74) is 1.29. The van der Waals surface area contributed by atoms with Gasteiger partial charge in [-0.05, 0) is 12.8 Å². The van der Waals surface area contributed by atoms with Gasteiger partial charge in [-0.3, -0.25) is 0 Å². The van der Waals surface area contributed by atoms with Crippen molar-refractivity contribution in [3.8, 4) is 0 Å². The zero-order valence-corrected chi connectivity index (χ0v) is 10.5. The van der Waals surface area contributed by atoms with Crippen molar-refractivity contribution in [3.05, 3.63) is 48.0 Å². The third kappa shape index (κ3) is 2.65. The quantitative estimate of drug-likeness (QED) is 0.783. The second-order valence-electron chi connectivity index (χ2n) is 4.51. The summed E-state index contributed by atoms with van der Waals surface area (Å²) in [6.45, 7) is 0.876. The minimum absolute atomic E-state index is 0.383. The van der Waals surface area contributed by atoms with Crippen molar-refractivity contribution in [1.82, 2.24) is 4.90 Å². The maximum absolute atomic E-state index is 11.5. The van der Waals surface area contributed by atoms with Gasteiger partial charge in [0.15, 0.2) is 6.26 Å². The number of ether oxygens (including phenoxy) is 3. The predicted octanol–water partition coefficient (Wildman–Crippen LogP) is 2.79. The van der Waals surface area contributed by atoms with Crippen molar-refractivity contribution < 1.29 is 19.0 Å². The highest BCUT2D eigenvalue weighted by atomic mass is 16.6. The van der Waals surface area contributed by atoms with E-state index in [1.54, 1.807) is 6.26 Å². The molecule has 0 spiro atoms. The smallest absolute Gasteiger partial charge is 0.416 e. The lowest BCUT2D eigenvalue weighted by Crippen LogP contribution is -2.26. The number of allylic oxidation sites excluding steroid dienone is 4. The first-order chi connectivity index (χ1) is 9.33. The minimum atomic E-state index is -0.393. The Kier molecular flexibility index (Phi) is 3.27. The standard InChI is InChI=1S/C14H15NO4/c16-14-15(6-7-18-14)13-10-17-9-12(19-13)8-11-4-2-1-3-5-11/h1-2,4,9-10H,3,5-8H2. The van der Waals surface area contributed by atoms with Gasteiger partial charge in [-0.2, -0.15) is 0 Å². The number of carbonyl (C=O) groups excluding carboxylic acids is 1. The Bertz CT molecular complexity index is 502. The molecule has 0 radical (unpaired) electrons. The van der Waals surface area contributed by atoms with E-state index in [-0.39, 0.29) is 0 Å². The van der Waals surface area contributed by atoms with Gasteiger partial charge in [0.05, 0.1) is 6.54 Å². The highest BCUT2D eigenvalue weighted by Gasteiger charge is 2.29. The molecule has 1 fully saturated rings. The zero-order valence-electron chi connectivity index (χ0n) is 10.5. The molecule has 1 amide bonds. The maximum Gasteiger partial charge on any atom is 0.416 e. The largest absolute Gasteiger partial charge is 0.464 e. The van der Waals surface area contributed by atoms with Crippen molar-refractivity contribution in [2.24, 2.45) is 0 Å². The summed E-state index contributed by atoms with van der Waals surface area (Å²) in [5, 5.41) is 0. The minimum Gasteiger partial charge on any atom is -0.464 e. The molecule has 1 saturated heterocycles. The fourth-order valence-electron chi connectivity index (χ4n) is 2.16. The molecule has 0 unspecified atom stereocenters. The first kappa shape index (κ1) is 11.9. The Hall–Kier alpha value is -2.17. The third-order valence-electron chi connectivity index (χ3n) is 3.13.